The van der Waals surface area contributed by atoms with E-state index >= 15 is 0 Å². The molecule has 1 aliphatic rings. The van der Waals surface area contributed by atoms with Crippen LogP contribution in [0.1, 0.15) is 37.3 Å². The summed E-state index contributed by atoms with van der Waals surface area (Å²) in [6.07, 6.45) is 1.22. The zero-order valence-corrected chi connectivity index (χ0v) is 12.3. The number of aryl methyl sites for hydroxylation is 1. The molecular weight excluding hydrogens is 246 g/mol. The van der Waals surface area contributed by atoms with E-state index in [2.05, 4.69) is 39.0 Å². The van der Waals surface area contributed by atoms with Crippen LogP contribution in [0.15, 0.2) is 18.2 Å². The minimum Gasteiger partial charge on any atom is -0.493 e. The molecule has 3 heteroatoms. The summed E-state index contributed by atoms with van der Waals surface area (Å²) in [5.74, 6) is 2.92. The van der Waals surface area contributed by atoms with Gasteiger partial charge in [-0.25, -0.2) is 0 Å². The quantitative estimate of drug-likeness (QED) is 0.888. The van der Waals surface area contributed by atoms with E-state index in [1.165, 1.54) is 17.5 Å². The molecule has 0 unspecified atom stereocenters. The molecule has 1 aliphatic carbocycles. The standard InChI is InChI=1S/C15H23NO.ClH/c1-10(2)9-17-15-5-4-11(3)6-14(15)13-7-12(13)8-16;/h4-6,10,12-13H,7-9,16H2,1-3H3;1H/t12-,13+;/m1./s1. The van der Waals surface area contributed by atoms with Crippen molar-refractivity contribution in [3.05, 3.63) is 29.3 Å². The van der Waals surface area contributed by atoms with Crippen molar-refractivity contribution < 1.29 is 4.74 Å². The highest BCUT2D eigenvalue weighted by Gasteiger charge is 2.38. The minimum absolute atomic E-state index is 0. The number of halogens is 1. The van der Waals surface area contributed by atoms with Gasteiger partial charge < -0.3 is 10.5 Å². The van der Waals surface area contributed by atoms with E-state index in [0.717, 1.165) is 18.9 Å². The van der Waals surface area contributed by atoms with Crippen molar-refractivity contribution in [2.24, 2.45) is 17.6 Å². The van der Waals surface area contributed by atoms with Gasteiger partial charge in [0.25, 0.3) is 0 Å². The first-order valence-corrected chi connectivity index (χ1v) is 6.55. The van der Waals surface area contributed by atoms with Crippen molar-refractivity contribution in [2.45, 2.75) is 33.1 Å². The number of rotatable bonds is 5. The Balaban J connectivity index is 0.00000162. The molecule has 0 amide bonds. The third-order valence-corrected chi connectivity index (χ3v) is 3.36. The van der Waals surface area contributed by atoms with Crippen LogP contribution in [0.2, 0.25) is 0 Å². The third kappa shape index (κ3) is 3.63. The molecule has 0 bridgehead atoms. The molecule has 0 spiro atoms. The molecule has 1 aromatic rings. The molecule has 2 N–H and O–H groups in total. The lowest BCUT2D eigenvalue weighted by Crippen LogP contribution is -2.07. The fourth-order valence-corrected chi connectivity index (χ4v) is 2.23. The Kier molecular flexibility index (Phi) is 5.48. The van der Waals surface area contributed by atoms with E-state index in [1.54, 1.807) is 0 Å². The summed E-state index contributed by atoms with van der Waals surface area (Å²) in [6, 6.07) is 6.49. The van der Waals surface area contributed by atoms with Crippen LogP contribution in [0, 0.1) is 18.8 Å². The summed E-state index contributed by atoms with van der Waals surface area (Å²) < 4.78 is 5.91. The molecule has 2 atom stereocenters. The van der Waals surface area contributed by atoms with Crippen LogP contribution in [0.4, 0.5) is 0 Å². The van der Waals surface area contributed by atoms with Crippen LogP contribution < -0.4 is 10.5 Å². The van der Waals surface area contributed by atoms with Crippen molar-refractivity contribution in [3.8, 4) is 5.75 Å². The highest BCUT2D eigenvalue weighted by Crippen LogP contribution is 2.49. The van der Waals surface area contributed by atoms with Gasteiger partial charge in [-0.05, 0) is 49.3 Å². The van der Waals surface area contributed by atoms with Gasteiger partial charge in [-0.1, -0.05) is 31.5 Å². The maximum Gasteiger partial charge on any atom is 0.122 e. The smallest absolute Gasteiger partial charge is 0.122 e. The van der Waals surface area contributed by atoms with E-state index in [1.807, 2.05) is 0 Å². The molecule has 2 nitrogen and oxygen atoms in total. The Labute approximate surface area is 116 Å². The van der Waals surface area contributed by atoms with Crippen LogP contribution in [-0.2, 0) is 0 Å². The lowest BCUT2D eigenvalue weighted by molar-refractivity contribution is 0.268. The molecule has 102 valence electrons. The van der Waals surface area contributed by atoms with Gasteiger partial charge in [-0.2, -0.15) is 0 Å². The monoisotopic (exact) mass is 269 g/mol. The van der Waals surface area contributed by atoms with E-state index in [-0.39, 0.29) is 12.4 Å². The maximum absolute atomic E-state index is 5.91. The van der Waals surface area contributed by atoms with Gasteiger partial charge in [0.2, 0.25) is 0 Å². The molecule has 18 heavy (non-hydrogen) atoms. The summed E-state index contributed by atoms with van der Waals surface area (Å²) in [4.78, 5) is 0. The summed E-state index contributed by atoms with van der Waals surface area (Å²) in [6.45, 7) is 8.06. The average Bonchev–Trinajstić information content (AvgIpc) is 3.06. The van der Waals surface area contributed by atoms with Crippen LogP contribution in [0.25, 0.3) is 0 Å². The third-order valence-electron chi connectivity index (χ3n) is 3.36. The van der Waals surface area contributed by atoms with Crippen molar-refractivity contribution >= 4 is 12.4 Å². The van der Waals surface area contributed by atoms with Crippen LogP contribution in [0.3, 0.4) is 0 Å². The summed E-state index contributed by atoms with van der Waals surface area (Å²) >= 11 is 0. The van der Waals surface area contributed by atoms with Crippen LogP contribution in [-0.4, -0.2) is 13.2 Å². The molecule has 1 saturated carbocycles. The second kappa shape index (κ2) is 6.44. The molecule has 0 aliphatic heterocycles. The normalized spacial score (nSPS) is 21.6. The van der Waals surface area contributed by atoms with Gasteiger partial charge in [0.15, 0.2) is 0 Å². The van der Waals surface area contributed by atoms with Gasteiger partial charge >= 0.3 is 0 Å². The number of ether oxygens (including phenoxy) is 1. The molecule has 0 saturated heterocycles. The van der Waals surface area contributed by atoms with E-state index < -0.39 is 0 Å². The number of nitrogens with two attached hydrogens (primary N) is 1. The van der Waals surface area contributed by atoms with E-state index in [9.17, 15) is 0 Å². The first-order chi connectivity index (χ1) is 8.11. The number of hydrogen-bond donors (Lipinski definition) is 1. The summed E-state index contributed by atoms with van der Waals surface area (Å²) in [7, 11) is 0. The van der Waals surface area contributed by atoms with E-state index in [0.29, 0.717) is 17.8 Å². The molecule has 0 heterocycles. The van der Waals surface area contributed by atoms with Gasteiger partial charge in [-0.15, -0.1) is 12.4 Å². The maximum atomic E-state index is 5.91. The predicted molar refractivity (Wildman–Crippen MR) is 78.7 cm³/mol. The van der Waals surface area contributed by atoms with Gasteiger partial charge in [0, 0.05) is 0 Å². The van der Waals surface area contributed by atoms with Crippen molar-refractivity contribution in [1.29, 1.82) is 0 Å². The van der Waals surface area contributed by atoms with Crippen molar-refractivity contribution in [1.82, 2.24) is 0 Å². The highest BCUT2D eigenvalue weighted by atomic mass is 35.5. The molecule has 0 aromatic heterocycles. The molecule has 2 rings (SSSR count). The fourth-order valence-electron chi connectivity index (χ4n) is 2.23. The molecule has 1 fully saturated rings. The molecule has 1 aromatic carbocycles. The number of hydrogen-bond acceptors (Lipinski definition) is 2. The topological polar surface area (TPSA) is 35.2 Å². The molecule has 0 radical (unpaired) electrons. The predicted octanol–water partition coefficient (Wildman–Crippen LogP) is 3.51. The lowest BCUT2D eigenvalue weighted by atomic mass is 10.0. The molecular formula is C15H24ClNO. The second-order valence-electron chi connectivity index (χ2n) is 5.58. The Morgan fingerprint density at radius 1 is 1.39 bits per heavy atom. The largest absolute Gasteiger partial charge is 0.493 e. The Morgan fingerprint density at radius 3 is 2.67 bits per heavy atom. The number of benzene rings is 1. The van der Waals surface area contributed by atoms with Crippen molar-refractivity contribution in [2.75, 3.05) is 13.2 Å². The van der Waals surface area contributed by atoms with Gasteiger partial charge in [-0.3, -0.25) is 0 Å². The first-order valence-electron chi connectivity index (χ1n) is 6.55. The van der Waals surface area contributed by atoms with Gasteiger partial charge in [0.05, 0.1) is 6.61 Å². The van der Waals surface area contributed by atoms with Crippen LogP contribution >= 0.6 is 12.4 Å². The highest BCUT2D eigenvalue weighted by molar-refractivity contribution is 5.85. The summed E-state index contributed by atoms with van der Waals surface area (Å²) in [5, 5.41) is 0. The van der Waals surface area contributed by atoms with Crippen molar-refractivity contribution in [3.63, 3.8) is 0 Å². The zero-order chi connectivity index (χ0) is 12.4. The first kappa shape index (κ1) is 15.3. The fraction of sp³-hybridized carbons (Fsp3) is 0.600. The Hall–Kier alpha value is -0.730. The average molecular weight is 270 g/mol. The SMILES string of the molecule is Cc1ccc(OCC(C)C)c([C@H]2C[C@@H]2CN)c1.Cl. The Bertz CT molecular complexity index is 392. The lowest BCUT2D eigenvalue weighted by Gasteiger charge is -2.14. The summed E-state index contributed by atoms with van der Waals surface area (Å²) in [5.41, 5.74) is 8.40. The minimum atomic E-state index is 0. The zero-order valence-electron chi connectivity index (χ0n) is 11.5. The van der Waals surface area contributed by atoms with Gasteiger partial charge in [0.1, 0.15) is 5.75 Å². The van der Waals surface area contributed by atoms with E-state index in [4.69, 9.17) is 10.5 Å². The van der Waals surface area contributed by atoms with Crippen LogP contribution in [0.5, 0.6) is 5.75 Å². The second-order valence-corrected chi connectivity index (χ2v) is 5.58. The Morgan fingerprint density at radius 2 is 2.11 bits per heavy atom.